The molecule has 2 heterocycles. The first kappa shape index (κ1) is 11.3. The molecular weight excluding hydrogens is 270 g/mol. The molecule has 1 atom stereocenters. The highest BCUT2D eigenvalue weighted by Crippen LogP contribution is 2.16. The average molecular weight is 282 g/mol. The maximum absolute atomic E-state index is 9.93. The number of aromatic nitrogens is 3. The minimum atomic E-state index is -0.602. The Labute approximate surface area is 102 Å². The first-order valence-corrected chi connectivity index (χ1v) is 5.72. The number of halogens is 1. The Hall–Kier alpha value is -1.20. The van der Waals surface area contributed by atoms with E-state index < -0.39 is 6.10 Å². The zero-order chi connectivity index (χ0) is 11.5. The number of nitrogens with zero attached hydrogens (tertiary/aromatic N) is 3. The molecule has 0 radical (unpaired) electrons. The van der Waals surface area contributed by atoms with Gasteiger partial charge in [-0.1, -0.05) is 0 Å². The molecule has 84 valence electrons. The van der Waals surface area contributed by atoms with Crippen molar-refractivity contribution in [1.29, 1.82) is 0 Å². The second kappa shape index (κ2) is 4.76. The van der Waals surface area contributed by atoms with Gasteiger partial charge in [0.25, 0.3) is 0 Å². The summed E-state index contributed by atoms with van der Waals surface area (Å²) in [4.78, 5) is 4.21. The first-order chi connectivity index (χ1) is 7.65. The van der Waals surface area contributed by atoms with Gasteiger partial charge in [0.2, 0.25) is 0 Å². The average Bonchev–Trinajstić information content (AvgIpc) is 2.68. The normalized spacial score (nSPS) is 12.7. The molecule has 2 aromatic rings. The van der Waals surface area contributed by atoms with Gasteiger partial charge < -0.3 is 5.11 Å². The standard InChI is InChI=1S/C11H12BrN3O/c1-15-5-4-10(14-15)11(16)6-9-3-2-8(12)7-13-9/h2-5,7,11,16H,6H2,1H3. The number of aryl methyl sites for hydroxylation is 1. The van der Waals surface area contributed by atoms with Crippen LogP contribution in [0, 0.1) is 0 Å². The molecule has 0 aliphatic carbocycles. The van der Waals surface area contributed by atoms with Crippen LogP contribution in [0.4, 0.5) is 0 Å². The lowest BCUT2D eigenvalue weighted by molar-refractivity contribution is 0.171. The molecule has 1 unspecified atom stereocenters. The third-order valence-electron chi connectivity index (χ3n) is 2.27. The van der Waals surface area contributed by atoms with E-state index in [1.54, 1.807) is 10.9 Å². The summed E-state index contributed by atoms with van der Waals surface area (Å²) in [5, 5.41) is 14.1. The maximum atomic E-state index is 9.93. The summed E-state index contributed by atoms with van der Waals surface area (Å²) in [7, 11) is 1.83. The Bertz CT molecular complexity index is 466. The molecule has 1 N–H and O–H groups in total. The molecule has 16 heavy (non-hydrogen) atoms. The fourth-order valence-corrected chi connectivity index (χ4v) is 1.68. The van der Waals surface area contributed by atoms with E-state index in [4.69, 9.17) is 0 Å². The van der Waals surface area contributed by atoms with Gasteiger partial charge in [-0.15, -0.1) is 0 Å². The van der Waals surface area contributed by atoms with Gasteiger partial charge in [-0.05, 0) is 34.1 Å². The van der Waals surface area contributed by atoms with Crippen LogP contribution >= 0.6 is 15.9 Å². The van der Waals surface area contributed by atoms with Crippen LogP contribution in [-0.2, 0) is 13.5 Å². The maximum Gasteiger partial charge on any atom is 0.103 e. The Balaban J connectivity index is 2.07. The molecule has 0 aliphatic rings. The summed E-state index contributed by atoms with van der Waals surface area (Å²) >= 11 is 3.32. The summed E-state index contributed by atoms with van der Waals surface area (Å²) in [6.07, 6.45) is 3.41. The molecule has 0 spiro atoms. The minimum absolute atomic E-state index is 0.476. The van der Waals surface area contributed by atoms with E-state index in [1.165, 1.54) is 0 Å². The van der Waals surface area contributed by atoms with Crippen molar-refractivity contribution in [2.45, 2.75) is 12.5 Å². The zero-order valence-corrected chi connectivity index (χ0v) is 10.4. The van der Waals surface area contributed by atoms with Gasteiger partial charge in [-0.25, -0.2) is 0 Å². The van der Waals surface area contributed by atoms with Crippen molar-refractivity contribution in [2.75, 3.05) is 0 Å². The van der Waals surface area contributed by atoms with E-state index in [9.17, 15) is 5.11 Å². The quantitative estimate of drug-likeness (QED) is 0.934. The highest BCUT2D eigenvalue weighted by atomic mass is 79.9. The smallest absolute Gasteiger partial charge is 0.103 e. The van der Waals surface area contributed by atoms with Crippen LogP contribution in [0.15, 0.2) is 35.1 Å². The highest BCUT2D eigenvalue weighted by molar-refractivity contribution is 9.10. The number of aliphatic hydroxyl groups excluding tert-OH is 1. The van der Waals surface area contributed by atoms with E-state index >= 15 is 0 Å². The SMILES string of the molecule is Cn1ccc(C(O)Cc2ccc(Br)cn2)n1. The second-order valence-corrected chi connectivity index (χ2v) is 4.52. The van der Waals surface area contributed by atoms with Crippen LogP contribution in [0.2, 0.25) is 0 Å². The van der Waals surface area contributed by atoms with Crippen LogP contribution < -0.4 is 0 Å². The third kappa shape index (κ3) is 2.68. The Morgan fingerprint density at radius 1 is 1.44 bits per heavy atom. The molecule has 0 aliphatic heterocycles. The van der Waals surface area contributed by atoms with E-state index in [0.29, 0.717) is 12.1 Å². The summed E-state index contributed by atoms with van der Waals surface area (Å²) < 4.78 is 2.61. The number of hydrogen-bond donors (Lipinski definition) is 1. The summed E-state index contributed by atoms with van der Waals surface area (Å²) in [6.45, 7) is 0. The van der Waals surface area contributed by atoms with Gasteiger partial charge in [0.05, 0.1) is 5.69 Å². The van der Waals surface area contributed by atoms with Gasteiger partial charge in [-0.2, -0.15) is 5.10 Å². The van der Waals surface area contributed by atoms with Gasteiger partial charge >= 0.3 is 0 Å². The lowest BCUT2D eigenvalue weighted by atomic mass is 10.1. The fourth-order valence-electron chi connectivity index (χ4n) is 1.44. The van der Waals surface area contributed by atoms with Gasteiger partial charge in [0.15, 0.2) is 0 Å². The van der Waals surface area contributed by atoms with Crippen molar-refractivity contribution in [3.8, 4) is 0 Å². The van der Waals surface area contributed by atoms with Crippen LogP contribution in [0.3, 0.4) is 0 Å². The predicted octanol–water partition coefficient (Wildman–Crippen LogP) is 1.85. The molecule has 0 saturated heterocycles. The molecule has 2 rings (SSSR count). The van der Waals surface area contributed by atoms with Crippen LogP contribution in [0.25, 0.3) is 0 Å². The topological polar surface area (TPSA) is 50.9 Å². The first-order valence-electron chi connectivity index (χ1n) is 4.93. The van der Waals surface area contributed by atoms with Crippen molar-refractivity contribution in [3.05, 3.63) is 46.5 Å². The number of aliphatic hydroxyl groups is 1. The molecule has 0 fully saturated rings. The van der Waals surface area contributed by atoms with Crippen molar-refractivity contribution < 1.29 is 5.11 Å². The number of pyridine rings is 1. The van der Waals surface area contributed by atoms with Gasteiger partial charge in [0, 0.05) is 36.0 Å². The number of rotatable bonds is 3. The van der Waals surface area contributed by atoms with Crippen LogP contribution in [0.1, 0.15) is 17.5 Å². The zero-order valence-electron chi connectivity index (χ0n) is 8.84. The van der Waals surface area contributed by atoms with Gasteiger partial charge in [-0.3, -0.25) is 9.67 Å². The molecule has 0 aromatic carbocycles. The molecule has 4 nitrogen and oxygen atoms in total. The molecule has 0 bridgehead atoms. The minimum Gasteiger partial charge on any atom is -0.386 e. The van der Waals surface area contributed by atoms with E-state index in [-0.39, 0.29) is 0 Å². The summed E-state index contributed by atoms with van der Waals surface area (Å²) in [6, 6.07) is 5.60. The molecule has 0 saturated carbocycles. The fraction of sp³-hybridized carbons (Fsp3) is 0.273. The van der Waals surface area contributed by atoms with Crippen LogP contribution in [0.5, 0.6) is 0 Å². The van der Waals surface area contributed by atoms with E-state index in [2.05, 4.69) is 26.0 Å². The second-order valence-electron chi connectivity index (χ2n) is 3.60. The van der Waals surface area contributed by atoms with E-state index in [0.717, 1.165) is 10.2 Å². The van der Waals surface area contributed by atoms with Crippen molar-refractivity contribution in [3.63, 3.8) is 0 Å². The molecular formula is C11H12BrN3O. The molecule has 5 heteroatoms. The van der Waals surface area contributed by atoms with Gasteiger partial charge in [0.1, 0.15) is 6.10 Å². The van der Waals surface area contributed by atoms with Crippen molar-refractivity contribution in [2.24, 2.45) is 7.05 Å². The summed E-state index contributed by atoms with van der Waals surface area (Å²) in [5.41, 5.74) is 1.52. The Morgan fingerprint density at radius 3 is 2.81 bits per heavy atom. The predicted molar refractivity (Wildman–Crippen MR) is 63.8 cm³/mol. The molecule has 0 amide bonds. The van der Waals surface area contributed by atoms with Crippen molar-refractivity contribution in [1.82, 2.24) is 14.8 Å². The number of hydrogen-bond acceptors (Lipinski definition) is 3. The van der Waals surface area contributed by atoms with E-state index in [1.807, 2.05) is 31.4 Å². The third-order valence-corrected chi connectivity index (χ3v) is 2.74. The Kier molecular flexibility index (Phi) is 3.36. The lowest BCUT2D eigenvalue weighted by Crippen LogP contribution is -2.04. The van der Waals surface area contributed by atoms with Crippen LogP contribution in [-0.4, -0.2) is 19.9 Å². The van der Waals surface area contributed by atoms with Crippen molar-refractivity contribution >= 4 is 15.9 Å². The lowest BCUT2D eigenvalue weighted by Gasteiger charge is -2.06. The Morgan fingerprint density at radius 2 is 2.25 bits per heavy atom. The highest BCUT2D eigenvalue weighted by Gasteiger charge is 2.11. The molecule has 2 aromatic heterocycles. The monoisotopic (exact) mass is 281 g/mol. The largest absolute Gasteiger partial charge is 0.386 e. The summed E-state index contributed by atoms with van der Waals surface area (Å²) in [5.74, 6) is 0.